The minimum atomic E-state index is -0.126. The highest BCUT2D eigenvalue weighted by molar-refractivity contribution is 5.79. The molecule has 1 fully saturated rings. The van der Waals surface area contributed by atoms with E-state index in [9.17, 15) is 9.90 Å². The van der Waals surface area contributed by atoms with E-state index in [2.05, 4.69) is 24.1 Å². The Morgan fingerprint density at radius 1 is 1.13 bits per heavy atom. The summed E-state index contributed by atoms with van der Waals surface area (Å²) in [6.07, 6.45) is 6.52. The monoisotopic (exact) mass is 318 g/mol. The Hall–Kier alpha value is -1.55. The Morgan fingerprint density at radius 3 is 2.30 bits per heavy atom. The Morgan fingerprint density at radius 2 is 1.74 bits per heavy atom. The molecule has 0 radical (unpaired) electrons. The van der Waals surface area contributed by atoms with Gasteiger partial charge < -0.3 is 10.4 Å². The van der Waals surface area contributed by atoms with Gasteiger partial charge >= 0.3 is 0 Å². The van der Waals surface area contributed by atoms with Crippen molar-refractivity contribution in [2.24, 2.45) is 0 Å². The highest BCUT2D eigenvalue weighted by atomic mass is 16.3. The van der Waals surface area contributed by atoms with Crippen LogP contribution in [0, 0.1) is 0 Å². The van der Waals surface area contributed by atoms with E-state index in [-0.39, 0.29) is 17.2 Å². The molecule has 2 N–H and O–H groups in total. The van der Waals surface area contributed by atoms with Crippen molar-refractivity contribution in [3.8, 4) is 5.75 Å². The van der Waals surface area contributed by atoms with Gasteiger partial charge in [-0.3, -0.25) is 9.69 Å². The summed E-state index contributed by atoms with van der Waals surface area (Å²) in [5.74, 6) is 0.423. The first-order valence-electron chi connectivity index (χ1n) is 8.88. The van der Waals surface area contributed by atoms with Gasteiger partial charge in [0, 0.05) is 5.54 Å². The number of carbonyl (C=O) groups excluding carboxylic acids is 1. The SMILES string of the molecule is CCN(CC)CC(=O)NC1(Cc2ccc(O)cc2)CCCCC1. The molecule has 0 aliphatic heterocycles. The molecule has 2 rings (SSSR count). The first-order chi connectivity index (χ1) is 11.1. The number of carbonyl (C=O) groups is 1. The number of hydrogen-bond acceptors (Lipinski definition) is 3. The lowest BCUT2D eigenvalue weighted by atomic mass is 9.77. The molecule has 0 spiro atoms. The maximum absolute atomic E-state index is 12.5. The van der Waals surface area contributed by atoms with Gasteiger partial charge in [-0.25, -0.2) is 0 Å². The number of benzene rings is 1. The summed E-state index contributed by atoms with van der Waals surface area (Å²) in [7, 11) is 0. The van der Waals surface area contributed by atoms with Gasteiger partial charge in [-0.2, -0.15) is 0 Å². The number of phenols is 1. The number of amides is 1. The van der Waals surface area contributed by atoms with E-state index in [4.69, 9.17) is 0 Å². The molecular weight excluding hydrogens is 288 g/mol. The molecule has 0 heterocycles. The first kappa shape index (κ1) is 17.8. The summed E-state index contributed by atoms with van der Waals surface area (Å²) in [4.78, 5) is 14.6. The van der Waals surface area contributed by atoms with Gasteiger partial charge in [0.15, 0.2) is 0 Å². The summed E-state index contributed by atoms with van der Waals surface area (Å²) < 4.78 is 0. The fraction of sp³-hybridized carbons (Fsp3) is 0.632. The number of rotatable bonds is 7. The van der Waals surface area contributed by atoms with Crippen LogP contribution in [-0.2, 0) is 11.2 Å². The number of phenolic OH excluding ortho intramolecular Hbond substituents is 1. The van der Waals surface area contributed by atoms with Crippen molar-refractivity contribution in [2.45, 2.75) is 57.9 Å². The maximum atomic E-state index is 12.5. The van der Waals surface area contributed by atoms with Crippen molar-refractivity contribution in [3.63, 3.8) is 0 Å². The number of nitrogens with zero attached hydrogens (tertiary/aromatic N) is 1. The van der Waals surface area contributed by atoms with Crippen molar-refractivity contribution in [2.75, 3.05) is 19.6 Å². The molecule has 0 atom stereocenters. The molecule has 1 amide bonds. The summed E-state index contributed by atoms with van der Waals surface area (Å²) in [5.41, 5.74) is 1.05. The lowest BCUT2D eigenvalue weighted by Crippen LogP contribution is -2.53. The molecule has 1 saturated carbocycles. The molecule has 0 bridgehead atoms. The van der Waals surface area contributed by atoms with E-state index in [0.717, 1.165) is 32.4 Å². The molecule has 1 aliphatic rings. The number of nitrogens with one attached hydrogen (secondary N) is 1. The van der Waals surface area contributed by atoms with E-state index >= 15 is 0 Å². The average molecular weight is 318 g/mol. The van der Waals surface area contributed by atoms with E-state index in [0.29, 0.717) is 6.54 Å². The second kappa shape index (κ2) is 8.34. The summed E-state index contributed by atoms with van der Waals surface area (Å²) in [6, 6.07) is 7.37. The van der Waals surface area contributed by atoms with Gasteiger partial charge in [0.2, 0.25) is 5.91 Å². The van der Waals surface area contributed by atoms with E-state index in [1.165, 1.54) is 24.8 Å². The van der Waals surface area contributed by atoms with Crippen LogP contribution in [0.2, 0.25) is 0 Å². The molecule has 1 aromatic rings. The van der Waals surface area contributed by atoms with Crippen LogP contribution in [0.25, 0.3) is 0 Å². The molecule has 0 aromatic heterocycles. The van der Waals surface area contributed by atoms with Crippen LogP contribution in [0.5, 0.6) is 5.75 Å². The van der Waals surface area contributed by atoms with Gasteiger partial charge in [-0.15, -0.1) is 0 Å². The smallest absolute Gasteiger partial charge is 0.234 e. The summed E-state index contributed by atoms with van der Waals surface area (Å²) >= 11 is 0. The van der Waals surface area contributed by atoms with Gasteiger partial charge in [0.1, 0.15) is 5.75 Å². The second-order valence-corrected chi connectivity index (χ2v) is 6.69. The zero-order valence-electron chi connectivity index (χ0n) is 14.5. The molecular formula is C19H30N2O2. The van der Waals surface area contributed by atoms with Crippen LogP contribution in [-0.4, -0.2) is 41.1 Å². The highest BCUT2D eigenvalue weighted by Gasteiger charge is 2.33. The molecule has 128 valence electrons. The highest BCUT2D eigenvalue weighted by Crippen LogP contribution is 2.31. The molecule has 4 nitrogen and oxygen atoms in total. The van der Waals surface area contributed by atoms with Crippen LogP contribution in [0.4, 0.5) is 0 Å². The molecule has 4 heteroatoms. The summed E-state index contributed by atoms with van der Waals surface area (Å²) in [6.45, 7) is 6.45. The largest absolute Gasteiger partial charge is 0.508 e. The Labute approximate surface area is 139 Å². The standard InChI is InChI=1S/C19H30N2O2/c1-3-21(4-2)15-18(23)20-19(12-6-5-7-13-19)14-16-8-10-17(22)11-9-16/h8-11,22H,3-7,12-15H2,1-2H3,(H,20,23). The minimum absolute atomic E-state index is 0.126. The fourth-order valence-corrected chi connectivity index (χ4v) is 3.56. The van der Waals surface area contributed by atoms with Crippen LogP contribution in [0.3, 0.4) is 0 Å². The molecule has 0 unspecified atom stereocenters. The normalized spacial score (nSPS) is 17.2. The maximum Gasteiger partial charge on any atom is 0.234 e. The van der Waals surface area contributed by atoms with Crippen molar-refractivity contribution in [1.29, 1.82) is 0 Å². The van der Waals surface area contributed by atoms with E-state index in [1.807, 2.05) is 12.1 Å². The van der Waals surface area contributed by atoms with Crippen LogP contribution < -0.4 is 5.32 Å². The van der Waals surface area contributed by atoms with E-state index < -0.39 is 0 Å². The first-order valence-corrected chi connectivity index (χ1v) is 8.88. The average Bonchev–Trinajstić information content (AvgIpc) is 2.55. The Kier molecular flexibility index (Phi) is 6.46. The second-order valence-electron chi connectivity index (χ2n) is 6.69. The number of hydrogen-bond donors (Lipinski definition) is 2. The molecule has 0 saturated heterocycles. The van der Waals surface area contributed by atoms with Crippen molar-refractivity contribution >= 4 is 5.91 Å². The quantitative estimate of drug-likeness (QED) is 0.812. The molecule has 1 aromatic carbocycles. The number of likely N-dealkylation sites (N-methyl/N-ethyl adjacent to an activating group) is 1. The predicted molar refractivity (Wildman–Crippen MR) is 93.6 cm³/mol. The van der Waals surface area contributed by atoms with Crippen LogP contribution in [0.1, 0.15) is 51.5 Å². The lowest BCUT2D eigenvalue weighted by Gasteiger charge is -2.39. The van der Waals surface area contributed by atoms with E-state index in [1.54, 1.807) is 12.1 Å². The minimum Gasteiger partial charge on any atom is -0.508 e. The van der Waals surface area contributed by atoms with Gasteiger partial charge in [-0.05, 0) is 50.0 Å². The lowest BCUT2D eigenvalue weighted by molar-refractivity contribution is -0.124. The topological polar surface area (TPSA) is 52.6 Å². The number of aromatic hydroxyl groups is 1. The van der Waals surface area contributed by atoms with Crippen molar-refractivity contribution in [3.05, 3.63) is 29.8 Å². The van der Waals surface area contributed by atoms with Gasteiger partial charge in [-0.1, -0.05) is 45.2 Å². The molecule has 23 heavy (non-hydrogen) atoms. The van der Waals surface area contributed by atoms with Gasteiger partial charge in [0.25, 0.3) is 0 Å². The van der Waals surface area contributed by atoms with Crippen LogP contribution >= 0.6 is 0 Å². The Balaban J connectivity index is 2.05. The zero-order valence-corrected chi connectivity index (χ0v) is 14.5. The predicted octanol–water partition coefficient (Wildman–Crippen LogP) is 3.10. The van der Waals surface area contributed by atoms with Crippen molar-refractivity contribution in [1.82, 2.24) is 10.2 Å². The fourth-order valence-electron chi connectivity index (χ4n) is 3.56. The third-order valence-corrected chi connectivity index (χ3v) is 4.96. The third kappa shape index (κ3) is 5.24. The summed E-state index contributed by atoms with van der Waals surface area (Å²) in [5, 5.41) is 12.8. The third-order valence-electron chi connectivity index (χ3n) is 4.96. The zero-order chi connectivity index (χ0) is 16.7. The Bertz CT molecular complexity index is 489. The van der Waals surface area contributed by atoms with Crippen molar-refractivity contribution < 1.29 is 9.90 Å². The van der Waals surface area contributed by atoms with Gasteiger partial charge in [0.05, 0.1) is 6.54 Å². The van der Waals surface area contributed by atoms with Crippen LogP contribution in [0.15, 0.2) is 24.3 Å². The molecule has 1 aliphatic carbocycles.